The van der Waals surface area contributed by atoms with Crippen molar-refractivity contribution in [3.05, 3.63) is 65.5 Å². The van der Waals surface area contributed by atoms with E-state index >= 15 is 0 Å². The van der Waals surface area contributed by atoms with Crippen LogP contribution >= 0.6 is 11.3 Å². The second kappa shape index (κ2) is 5.89. The van der Waals surface area contributed by atoms with Crippen LogP contribution in [0.15, 0.2) is 60.0 Å². The smallest absolute Gasteiger partial charge is 0.0347 e. The summed E-state index contributed by atoms with van der Waals surface area (Å²) in [6, 6.07) is 19.4. The summed E-state index contributed by atoms with van der Waals surface area (Å²) < 4.78 is 1.36. The zero-order valence-corrected chi connectivity index (χ0v) is 11.6. The van der Waals surface area contributed by atoms with Crippen molar-refractivity contribution in [1.82, 2.24) is 0 Å². The van der Waals surface area contributed by atoms with Gasteiger partial charge in [-0.15, -0.1) is 11.3 Å². The van der Waals surface area contributed by atoms with Crippen molar-refractivity contribution in [3.63, 3.8) is 0 Å². The van der Waals surface area contributed by atoms with Gasteiger partial charge in [0.15, 0.2) is 0 Å². The van der Waals surface area contributed by atoms with Gasteiger partial charge in [0, 0.05) is 16.9 Å². The molecule has 0 amide bonds. The zero-order valence-electron chi connectivity index (χ0n) is 10.8. The SMILES string of the molecule is c1ccc(CCCNc2ccc3sccc3c2)cc1. The molecule has 0 fully saturated rings. The molecule has 0 atom stereocenters. The minimum Gasteiger partial charge on any atom is -0.385 e. The minimum atomic E-state index is 1.02. The van der Waals surface area contributed by atoms with Crippen LogP contribution in [0.1, 0.15) is 12.0 Å². The third-order valence-electron chi connectivity index (χ3n) is 3.27. The van der Waals surface area contributed by atoms with Crippen LogP contribution < -0.4 is 5.32 Å². The van der Waals surface area contributed by atoms with Crippen molar-refractivity contribution >= 4 is 27.1 Å². The van der Waals surface area contributed by atoms with Gasteiger partial charge in [0.2, 0.25) is 0 Å². The maximum Gasteiger partial charge on any atom is 0.0347 e. The van der Waals surface area contributed by atoms with E-state index in [-0.39, 0.29) is 0 Å². The normalized spacial score (nSPS) is 10.7. The highest BCUT2D eigenvalue weighted by molar-refractivity contribution is 7.17. The van der Waals surface area contributed by atoms with Gasteiger partial charge >= 0.3 is 0 Å². The lowest BCUT2D eigenvalue weighted by atomic mass is 10.1. The van der Waals surface area contributed by atoms with Gasteiger partial charge in [-0.2, -0.15) is 0 Å². The van der Waals surface area contributed by atoms with Gasteiger partial charge in [0.1, 0.15) is 0 Å². The molecule has 0 saturated carbocycles. The number of aryl methyl sites for hydroxylation is 1. The lowest BCUT2D eigenvalue weighted by Gasteiger charge is -2.06. The topological polar surface area (TPSA) is 12.0 Å². The Labute approximate surface area is 117 Å². The number of benzene rings is 2. The van der Waals surface area contributed by atoms with E-state index in [1.54, 1.807) is 11.3 Å². The Hall–Kier alpha value is -1.80. The first-order valence-corrected chi connectivity index (χ1v) is 7.55. The Balaban J connectivity index is 1.52. The second-order valence-electron chi connectivity index (χ2n) is 4.69. The van der Waals surface area contributed by atoms with Gasteiger partial charge in [0.05, 0.1) is 0 Å². The summed E-state index contributed by atoms with van der Waals surface area (Å²) >= 11 is 1.79. The Morgan fingerprint density at radius 3 is 2.74 bits per heavy atom. The third-order valence-corrected chi connectivity index (χ3v) is 4.16. The molecule has 0 aliphatic heterocycles. The Morgan fingerprint density at radius 1 is 0.947 bits per heavy atom. The zero-order chi connectivity index (χ0) is 12.9. The number of rotatable bonds is 5. The van der Waals surface area contributed by atoms with Gasteiger partial charge in [-0.05, 0) is 53.4 Å². The molecule has 2 heteroatoms. The molecule has 0 bridgehead atoms. The molecule has 0 spiro atoms. The van der Waals surface area contributed by atoms with Gasteiger partial charge in [-0.3, -0.25) is 0 Å². The second-order valence-corrected chi connectivity index (χ2v) is 5.64. The molecule has 3 rings (SSSR count). The molecule has 0 unspecified atom stereocenters. The summed E-state index contributed by atoms with van der Waals surface area (Å²) in [6.45, 7) is 1.02. The van der Waals surface area contributed by atoms with E-state index in [1.165, 1.54) is 21.3 Å². The largest absolute Gasteiger partial charge is 0.385 e. The first-order valence-electron chi connectivity index (χ1n) is 6.67. The number of nitrogens with one attached hydrogen (secondary N) is 1. The molecule has 3 aromatic rings. The predicted molar refractivity (Wildman–Crippen MR) is 85.1 cm³/mol. The van der Waals surface area contributed by atoms with Gasteiger partial charge in [-0.1, -0.05) is 30.3 Å². The maximum absolute atomic E-state index is 3.50. The fourth-order valence-electron chi connectivity index (χ4n) is 2.25. The Bertz CT molecular complexity index is 642. The van der Waals surface area contributed by atoms with Crippen LogP contribution in [-0.2, 0) is 6.42 Å². The monoisotopic (exact) mass is 267 g/mol. The van der Waals surface area contributed by atoms with Crippen molar-refractivity contribution in [3.8, 4) is 0 Å². The van der Waals surface area contributed by atoms with Crippen molar-refractivity contribution in [1.29, 1.82) is 0 Å². The molecule has 96 valence electrons. The lowest BCUT2D eigenvalue weighted by Crippen LogP contribution is -2.02. The first kappa shape index (κ1) is 12.2. The number of anilines is 1. The standard InChI is InChI=1S/C17H17NS/c1-2-5-14(6-3-1)7-4-11-18-16-8-9-17-15(13-16)10-12-19-17/h1-3,5-6,8-10,12-13,18H,4,7,11H2. The van der Waals surface area contributed by atoms with Crippen LogP contribution in [0, 0.1) is 0 Å². The molecule has 1 nitrogen and oxygen atoms in total. The number of hydrogen-bond acceptors (Lipinski definition) is 2. The Kier molecular flexibility index (Phi) is 3.80. The van der Waals surface area contributed by atoms with Crippen LogP contribution in [0.4, 0.5) is 5.69 Å². The molecular formula is C17H17NS. The highest BCUT2D eigenvalue weighted by Crippen LogP contribution is 2.23. The van der Waals surface area contributed by atoms with Crippen molar-refractivity contribution in [2.45, 2.75) is 12.8 Å². The van der Waals surface area contributed by atoms with Crippen LogP contribution in [0.3, 0.4) is 0 Å². The average Bonchev–Trinajstić information content (AvgIpc) is 2.92. The predicted octanol–water partition coefficient (Wildman–Crippen LogP) is 4.95. The molecule has 19 heavy (non-hydrogen) atoms. The molecule has 2 aromatic carbocycles. The minimum absolute atomic E-state index is 1.02. The van der Waals surface area contributed by atoms with E-state index < -0.39 is 0 Å². The van der Waals surface area contributed by atoms with E-state index in [1.807, 2.05) is 0 Å². The highest BCUT2D eigenvalue weighted by atomic mass is 32.1. The fraction of sp³-hybridized carbons (Fsp3) is 0.176. The quantitative estimate of drug-likeness (QED) is 0.645. The van der Waals surface area contributed by atoms with Crippen molar-refractivity contribution < 1.29 is 0 Å². The summed E-state index contributed by atoms with van der Waals surface area (Å²) in [6.07, 6.45) is 2.29. The molecule has 0 aliphatic rings. The summed E-state index contributed by atoms with van der Waals surface area (Å²) in [5.74, 6) is 0. The number of fused-ring (bicyclic) bond motifs is 1. The van der Waals surface area contributed by atoms with Crippen molar-refractivity contribution in [2.24, 2.45) is 0 Å². The highest BCUT2D eigenvalue weighted by Gasteiger charge is 1.97. The summed E-state index contributed by atoms with van der Waals surface area (Å²) in [7, 11) is 0. The summed E-state index contributed by atoms with van der Waals surface area (Å²) in [4.78, 5) is 0. The van der Waals surface area contributed by atoms with E-state index in [9.17, 15) is 0 Å². The van der Waals surface area contributed by atoms with Gasteiger partial charge in [0.25, 0.3) is 0 Å². The summed E-state index contributed by atoms with van der Waals surface area (Å²) in [5, 5.41) is 6.98. The van der Waals surface area contributed by atoms with Gasteiger partial charge < -0.3 is 5.32 Å². The van der Waals surface area contributed by atoms with Crippen LogP contribution in [0.25, 0.3) is 10.1 Å². The van der Waals surface area contributed by atoms with Crippen LogP contribution in [0.5, 0.6) is 0 Å². The molecule has 1 aromatic heterocycles. The molecule has 1 heterocycles. The van der Waals surface area contributed by atoms with Crippen LogP contribution in [-0.4, -0.2) is 6.54 Å². The molecule has 0 saturated heterocycles. The van der Waals surface area contributed by atoms with E-state index in [0.717, 1.165) is 19.4 Å². The number of thiophene rings is 1. The average molecular weight is 267 g/mol. The van der Waals surface area contributed by atoms with E-state index in [0.29, 0.717) is 0 Å². The molecule has 0 aliphatic carbocycles. The van der Waals surface area contributed by atoms with E-state index in [4.69, 9.17) is 0 Å². The first-order chi connectivity index (χ1) is 9.42. The van der Waals surface area contributed by atoms with E-state index in [2.05, 4.69) is 65.3 Å². The number of hydrogen-bond donors (Lipinski definition) is 1. The van der Waals surface area contributed by atoms with Crippen molar-refractivity contribution in [2.75, 3.05) is 11.9 Å². The third kappa shape index (κ3) is 3.15. The lowest BCUT2D eigenvalue weighted by molar-refractivity contribution is 0.863. The Morgan fingerprint density at radius 2 is 1.84 bits per heavy atom. The maximum atomic E-state index is 3.50. The molecule has 0 radical (unpaired) electrons. The van der Waals surface area contributed by atoms with Gasteiger partial charge in [-0.25, -0.2) is 0 Å². The molecule has 1 N–H and O–H groups in total. The fourth-order valence-corrected chi connectivity index (χ4v) is 3.02. The summed E-state index contributed by atoms with van der Waals surface area (Å²) in [5.41, 5.74) is 2.64. The molecular weight excluding hydrogens is 250 g/mol. The van der Waals surface area contributed by atoms with Crippen LogP contribution in [0.2, 0.25) is 0 Å².